The van der Waals surface area contributed by atoms with Crippen molar-refractivity contribution in [1.29, 1.82) is 0 Å². The molecule has 0 spiro atoms. The Morgan fingerprint density at radius 2 is 1.67 bits per heavy atom. The van der Waals surface area contributed by atoms with Crippen LogP contribution in [0.25, 0.3) is 0 Å². The van der Waals surface area contributed by atoms with Crippen molar-refractivity contribution in [2.24, 2.45) is 5.41 Å². The van der Waals surface area contributed by atoms with Gasteiger partial charge in [0.25, 0.3) is 6.47 Å². The summed E-state index contributed by atoms with van der Waals surface area (Å²) in [5.74, 6) is 0. The number of carbonyl (C=O) groups excluding carboxylic acids is 1. The van der Waals surface area contributed by atoms with Crippen LogP contribution in [0.3, 0.4) is 0 Å². The molecule has 0 heterocycles. The van der Waals surface area contributed by atoms with Crippen LogP contribution in [-0.4, -0.2) is 36.5 Å². The minimum absolute atomic E-state index is 0.0981. The van der Waals surface area contributed by atoms with Gasteiger partial charge in [-0.05, 0) is 5.41 Å². The minimum atomic E-state index is -0.125. The average Bonchev–Trinajstić information content (AvgIpc) is 2.00. The summed E-state index contributed by atoms with van der Waals surface area (Å²) in [5.41, 5.74) is 0.0981. The highest BCUT2D eigenvalue weighted by atomic mass is 16.5. The van der Waals surface area contributed by atoms with E-state index >= 15 is 0 Å². The van der Waals surface area contributed by atoms with Crippen LogP contribution in [0.4, 0.5) is 0 Å². The molecule has 0 aromatic rings. The average molecular weight is 178 g/mol. The van der Waals surface area contributed by atoms with Crippen LogP contribution in [0.15, 0.2) is 0 Å². The number of ether oxygens (including phenoxy) is 1. The van der Waals surface area contributed by atoms with Gasteiger partial charge in [0, 0.05) is 0 Å². The number of aliphatic hydroxyl groups is 2. The fourth-order valence-corrected chi connectivity index (χ4v) is 0.284. The van der Waals surface area contributed by atoms with Gasteiger partial charge in [-0.2, -0.15) is 0 Å². The van der Waals surface area contributed by atoms with E-state index < -0.39 is 0 Å². The van der Waals surface area contributed by atoms with Crippen LogP contribution >= 0.6 is 0 Å². The van der Waals surface area contributed by atoms with E-state index in [-0.39, 0.29) is 18.6 Å². The molecule has 0 aliphatic rings. The van der Waals surface area contributed by atoms with Crippen molar-refractivity contribution in [3.63, 3.8) is 0 Å². The number of aliphatic hydroxyl groups excluding tert-OH is 2. The predicted molar refractivity (Wildman–Crippen MR) is 45.6 cm³/mol. The summed E-state index contributed by atoms with van der Waals surface area (Å²) < 4.78 is 4.52. The summed E-state index contributed by atoms with van der Waals surface area (Å²) in [4.78, 5) is 9.63. The molecule has 0 radical (unpaired) electrons. The molecule has 0 bridgehead atoms. The smallest absolute Gasteiger partial charge is 0.293 e. The van der Waals surface area contributed by atoms with Gasteiger partial charge >= 0.3 is 0 Å². The van der Waals surface area contributed by atoms with Crippen molar-refractivity contribution in [3.05, 3.63) is 0 Å². The maximum Gasteiger partial charge on any atom is 0.293 e. The van der Waals surface area contributed by atoms with Crippen LogP contribution in [-0.2, 0) is 9.53 Å². The number of carbonyl (C=O) groups is 1. The molecular formula is C8H18O4. The minimum Gasteiger partial charge on any atom is -0.467 e. The molecule has 74 valence electrons. The molecule has 0 saturated carbocycles. The van der Waals surface area contributed by atoms with Crippen LogP contribution in [0, 0.1) is 5.41 Å². The van der Waals surface area contributed by atoms with E-state index in [4.69, 9.17) is 10.2 Å². The molecule has 0 aromatic carbocycles. The van der Waals surface area contributed by atoms with E-state index in [9.17, 15) is 4.79 Å². The normalized spacial score (nSPS) is 9.75. The van der Waals surface area contributed by atoms with Crippen molar-refractivity contribution in [1.82, 2.24) is 0 Å². The van der Waals surface area contributed by atoms with Gasteiger partial charge in [0.2, 0.25) is 0 Å². The Balaban J connectivity index is 0. The molecule has 4 nitrogen and oxygen atoms in total. The SMILES string of the molecule is CC(C)(C)COC=O.OCCO. The van der Waals surface area contributed by atoms with Gasteiger partial charge in [0.1, 0.15) is 0 Å². The summed E-state index contributed by atoms with van der Waals surface area (Å²) in [7, 11) is 0. The van der Waals surface area contributed by atoms with Crippen molar-refractivity contribution in [3.8, 4) is 0 Å². The first-order valence-electron chi connectivity index (χ1n) is 3.75. The zero-order valence-corrected chi connectivity index (χ0v) is 7.91. The van der Waals surface area contributed by atoms with Crippen LogP contribution in [0.1, 0.15) is 20.8 Å². The fourth-order valence-electron chi connectivity index (χ4n) is 0.284. The molecule has 0 aliphatic carbocycles. The summed E-state index contributed by atoms with van der Waals surface area (Å²) in [6.45, 7) is 6.76. The molecule has 12 heavy (non-hydrogen) atoms. The number of hydrogen-bond donors (Lipinski definition) is 2. The summed E-state index contributed by atoms with van der Waals surface area (Å²) in [5, 5.41) is 15.2. The summed E-state index contributed by atoms with van der Waals surface area (Å²) >= 11 is 0. The van der Waals surface area contributed by atoms with E-state index in [0.29, 0.717) is 13.1 Å². The Labute approximate surface area is 73.2 Å². The first-order valence-corrected chi connectivity index (χ1v) is 3.75. The lowest BCUT2D eigenvalue weighted by Gasteiger charge is -2.14. The third-order valence-electron chi connectivity index (χ3n) is 0.684. The quantitative estimate of drug-likeness (QED) is 0.605. The van der Waals surface area contributed by atoms with Crippen LogP contribution < -0.4 is 0 Å². The lowest BCUT2D eigenvalue weighted by atomic mass is 9.99. The second kappa shape index (κ2) is 8.49. The first-order chi connectivity index (χ1) is 5.47. The van der Waals surface area contributed by atoms with E-state index in [1.54, 1.807) is 0 Å². The molecule has 0 unspecified atom stereocenters. The van der Waals surface area contributed by atoms with E-state index in [1.807, 2.05) is 20.8 Å². The Kier molecular flexibility index (Phi) is 9.86. The summed E-state index contributed by atoms with van der Waals surface area (Å²) in [6, 6.07) is 0. The van der Waals surface area contributed by atoms with Crippen molar-refractivity contribution in [2.45, 2.75) is 20.8 Å². The first kappa shape index (κ1) is 13.9. The van der Waals surface area contributed by atoms with E-state index in [2.05, 4.69) is 4.74 Å². The standard InChI is InChI=1S/C6H12O2.C2H6O2/c1-6(2,3)4-8-5-7;3-1-2-4/h5H,4H2,1-3H3;3-4H,1-2H2. The highest BCUT2D eigenvalue weighted by Crippen LogP contribution is 2.11. The molecule has 0 amide bonds. The lowest BCUT2D eigenvalue weighted by molar-refractivity contribution is -0.131. The zero-order chi connectivity index (χ0) is 10.0. The van der Waals surface area contributed by atoms with Crippen molar-refractivity contribution >= 4 is 6.47 Å². The molecule has 0 saturated heterocycles. The lowest BCUT2D eigenvalue weighted by Crippen LogP contribution is -2.13. The second-order valence-corrected chi connectivity index (χ2v) is 3.42. The van der Waals surface area contributed by atoms with Gasteiger partial charge < -0.3 is 14.9 Å². The maximum absolute atomic E-state index is 9.63. The van der Waals surface area contributed by atoms with Gasteiger partial charge in [0.15, 0.2) is 0 Å². The largest absolute Gasteiger partial charge is 0.467 e. The molecular weight excluding hydrogens is 160 g/mol. The molecule has 2 N–H and O–H groups in total. The van der Waals surface area contributed by atoms with Crippen molar-refractivity contribution in [2.75, 3.05) is 19.8 Å². The van der Waals surface area contributed by atoms with Gasteiger partial charge in [-0.3, -0.25) is 4.79 Å². The zero-order valence-electron chi connectivity index (χ0n) is 7.91. The predicted octanol–water partition coefficient (Wildman–Crippen LogP) is 0.176. The Morgan fingerprint density at radius 1 is 1.25 bits per heavy atom. The fraction of sp³-hybridized carbons (Fsp3) is 0.875. The number of rotatable bonds is 3. The third kappa shape index (κ3) is 22.8. The topological polar surface area (TPSA) is 66.8 Å². The van der Waals surface area contributed by atoms with Crippen molar-refractivity contribution < 1.29 is 19.7 Å². The maximum atomic E-state index is 9.63. The molecule has 0 rings (SSSR count). The Hall–Kier alpha value is -0.610. The van der Waals surface area contributed by atoms with Gasteiger partial charge in [-0.15, -0.1) is 0 Å². The molecule has 0 atom stereocenters. The van der Waals surface area contributed by atoms with Gasteiger partial charge in [0.05, 0.1) is 19.8 Å². The molecule has 0 fully saturated rings. The summed E-state index contributed by atoms with van der Waals surface area (Å²) in [6.07, 6.45) is 0. The Bertz CT molecular complexity index is 93.7. The van der Waals surface area contributed by atoms with Crippen LogP contribution in [0.2, 0.25) is 0 Å². The van der Waals surface area contributed by atoms with E-state index in [0.717, 1.165) is 0 Å². The van der Waals surface area contributed by atoms with Gasteiger partial charge in [-0.25, -0.2) is 0 Å². The molecule has 0 aliphatic heterocycles. The highest BCUT2D eigenvalue weighted by molar-refractivity contribution is 5.36. The molecule has 4 heteroatoms. The highest BCUT2D eigenvalue weighted by Gasteiger charge is 2.08. The number of hydrogen-bond acceptors (Lipinski definition) is 4. The van der Waals surface area contributed by atoms with Gasteiger partial charge in [-0.1, -0.05) is 20.8 Å². The third-order valence-corrected chi connectivity index (χ3v) is 0.684. The van der Waals surface area contributed by atoms with E-state index in [1.165, 1.54) is 0 Å². The van der Waals surface area contributed by atoms with Crippen LogP contribution in [0.5, 0.6) is 0 Å². The molecule has 0 aromatic heterocycles. The Morgan fingerprint density at radius 3 is 1.75 bits per heavy atom. The monoisotopic (exact) mass is 178 g/mol. The second-order valence-electron chi connectivity index (χ2n) is 3.42.